The van der Waals surface area contributed by atoms with E-state index in [-0.39, 0.29) is 18.4 Å². The number of hydrogen-bond acceptors (Lipinski definition) is 7. The van der Waals surface area contributed by atoms with Crippen LogP contribution < -0.4 is 0 Å². The van der Waals surface area contributed by atoms with Gasteiger partial charge in [-0.15, -0.1) is 0 Å². The maximum atomic E-state index is 12.3. The van der Waals surface area contributed by atoms with Crippen LogP contribution in [0.5, 0.6) is 0 Å². The highest BCUT2D eigenvalue weighted by Gasteiger charge is 2.28. The van der Waals surface area contributed by atoms with Gasteiger partial charge in [-0.2, -0.15) is 0 Å². The third-order valence-electron chi connectivity index (χ3n) is 5.42. The fourth-order valence-corrected chi connectivity index (χ4v) is 7.12. The standard InChI is InChI=1S/C25H33Cl2N2O4PS/c1-5-31-25(30)16-29(17-34(32-6-2)33-7-3)35-20-10-8-9-18(11-20)22-14-28(4)15-23-21(22)12-19(26)13-24(23)27/h8-13,22H,5-7,14-17H2,1-4H3. The van der Waals surface area contributed by atoms with E-state index in [1.165, 1.54) is 23.1 Å². The highest BCUT2D eigenvalue weighted by molar-refractivity contribution is 7.97. The molecular weight excluding hydrogens is 526 g/mol. The van der Waals surface area contributed by atoms with E-state index < -0.39 is 8.38 Å². The molecule has 0 saturated carbocycles. The van der Waals surface area contributed by atoms with Crippen LogP contribution in [0.15, 0.2) is 41.3 Å². The first kappa shape index (κ1) is 28.7. The predicted molar refractivity (Wildman–Crippen MR) is 145 cm³/mol. The second kappa shape index (κ2) is 14.2. The van der Waals surface area contributed by atoms with E-state index in [0.717, 1.165) is 23.5 Å². The van der Waals surface area contributed by atoms with E-state index >= 15 is 0 Å². The molecule has 3 rings (SSSR count). The van der Waals surface area contributed by atoms with E-state index in [1.54, 1.807) is 0 Å². The summed E-state index contributed by atoms with van der Waals surface area (Å²) in [6.07, 6.45) is 0.491. The van der Waals surface area contributed by atoms with Crippen LogP contribution in [0.3, 0.4) is 0 Å². The second-order valence-corrected chi connectivity index (χ2v) is 11.6. The Labute approximate surface area is 224 Å². The van der Waals surface area contributed by atoms with Gasteiger partial charge in [0.1, 0.15) is 6.54 Å². The third kappa shape index (κ3) is 8.31. The Morgan fingerprint density at radius 1 is 1.14 bits per heavy atom. The van der Waals surface area contributed by atoms with Crippen molar-refractivity contribution >= 4 is 49.5 Å². The summed E-state index contributed by atoms with van der Waals surface area (Å²) in [7, 11) is 0.959. The minimum atomic E-state index is -1.14. The quantitative estimate of drug-likeness (QED) is 0.161. The summed E-state index contributed by atoms with van der Waals surface area (Å²) in [6.45, 7) is 8.95. The number of rotatable bonds is 12. The molecule has 0 bridgehead atoms. The summed E-state index contributed by atoms with van der Waals surface area (Å²) in [4.78, 5) is 15.6. The maximum absolute atomic E-state index is 12.3. The number of halogens is 2. The molecule has 0 aliphatic carbocycles. The Morgan fingerprint density at radius 3 is 2.57 bits per heavy atom. The van der Waals surface area contributed by atoms with Crippen LogP contribution in [0.1, 0.15) is 43.4 Å². The number of nitrogens with zero attached hydrogens (tertiary/aromatic N) is 2. The molecule has 1 aliphatic rings. The Balaban J connectivity index is 1.86. The Hall–Kier alpha value is -0.890. The molecule has 1 unspecified atom stereocenters. The van der Waals surface area contributed by atoms with Gasteiger partial charge in [0, 0.05) is 33.9 Å². The van der Waals surface area contributed by atoms with E-state index in [4.69, 9.17) is 37.0 Å². The molecule has 6 nitrogen and oxygen atoms in total. The van der Waals surface area contributed by atoms with Crippen LogP contribution in [-0.4, -0.2) is 61.4 Å². The first-order chi connectivity index (χ1) is 16.8. The molecule has 0 amide bonds. The Morgan fingerprint density at radius 2 is 1.89 bits per heavy atom. The van der Waals surface area contributed by atoms with Crippen molar-refractivity contribution in [3.63, 3.8) is 0 Å². The van der Waals surface area contributed by atoms with Crippen molar-refractivity contribution in [2.75, 3.05) is 46.2 Å². The van der Waals surface area contributed by atoms with Crippen molar-refractivity contribution in [3.8, 4) is 0 Å². The van der Waals surface area contributed by atoms with Gasteiger partial charge >= 0.3 is 5.97 Å². The molecule has 0 spiro atoms. The minimum absolute atomic E-state index is 0.141. The zero-order chi connectivity index (χ0) is 25.4. The zero-order valence-corrected chi connectivity index (χ0v) is 23.9. The summed E-state index contributed by atoms with van der Waals surface area (Å²) >= 11 is 14.4. The zero-order valence-electron chi connectivity index (χ0n) is 20.6. The average Bonchev–Trinajstić information content (AvgIpc) is 2.80. The van der Waals surface area contributed by atoms with Gasteiger partial charge in [0.25, 0.3) is 0 Å². The summed E-state index contributed by atoms with van der Waals surface area (Å²) in [6, 6.07) is 12.3. The van der Waals surface area contributed by atoms with E-state index in [1.807, 2.05) is 43.3 Å². The molecule has 2 aromatic rings. The summed E-state index contributed by atoms with van der Waals surface area (Å²) < 4.78 is 18.7. The van der Waals surface area contributed by atoms with Crippen LogP contribution in [0.25, 0.3) is 0 Å². The number of carbonyl (C=O) groups excluding carboxylic acids is 1. The Bertz CT molecular complexity index is 994. The lowest BCUT2D eigenvalue weighted by atomic mass is 9.85. The van der Waals surface area contributed by atoms with Gasteiger partial charge in [0.15, 0.2) is 8.38 Å². The van der Waals surface area contributed by atoms with Crippen molar-refractivity contribution in [2.45, 2.75) is 38.1 Å². The summed E-state index contributed by atoms with van der Waals surface area (Å²) in [5, 5.41) is 1.35. The number of likely N-dealkylation sites (N-methyl/N-ethyl adjacent to an activating group) is 1. The SMILES string of the molecule is CCOC(=O)CN(CP(OCC)OCC)Sc1cccc(C2CN(C)Cc3c(Cl)cc(Cl)cc32)c1. The molecule has 10 heteroatoms. The molecule has 0 fully saturated rings. The largest absolute Gasteiger partial charge is 0.465 e. The van der Waals surface area contributed by atoms with E-state index in [2.05, 4.69) is 30.1 Å². The number of esters is 1. The van der Waals surface area contributed by atoms with E-state index in [0.29, 0.717) is 36.2 Å². The summed E-state index contributed by atoms with van der Waals surface area (Å²) in [5.74, 6) is -0.130. The van der Waals surface area contributed by atoms with Crippen molar-refractivity contribution in [2.24, 2.45) is 0 Å². The van der Waals surface area contributed by atoms with Crippen molar-refractivity contribution < 1.29 is 18.6 Å². The number of ether oxygens (including phenoxy) is 1. The molecule has 0 radical (unpaired) electrons. The third-order valence-corrected chi connectivity index (χ3v) is 8.81. The van der Waals surface area contributed by atoms with Crippen molar-refractivity contribution in [3.05, 3.63) is 63.1 Å². The molecule has 0 aromatic heterocycles. The highest BCUT2D eigenvalue weighted by Crippen LogP contribution is 2.43. The van der Waals surface area contributed by atoms with Crippen LogP contribution in [0.2, 0.25) is 10.0 Å². The lowest BCUT2D eigenvalue weighted by molar-refractivity contribution is -0.143. The molecule has 1 heterocycles. The molecule has 2 aromatic carbocycles. The molecular formula is C25H33Cl2N2O4PS. The van der Waals surface area contributed by atoms with Gasteiger partial charge in [0.2, 0.25) is 0 Å². The van der Waals surface area contributed by atoms with Gasteiger partial charge in [0.05, 0.1) is 26.1 Å². The van der Waals surface area contributed by atoms with Gasteiger partial charge in [-0.05, 0) is 80.7 Å². The fourth-order valence-electron chi connectivity index (χ4n) is 4.07. The van der Waals surface area contributed by atoms with Gasteiger partial charge in [-0.3, -0.25) is 4.79 Å². The highest BCUT2D eigenvalue weighted by atomic mass is 35.5. The first-order valence-corrected chi connectivity index (χ1v) is 14.6. The van der Waals surface area contributed by atoms with Crippen molar-refractivity contribution in [1.29, 1.82) is 0 Å². The molecule has 192 valence electrons. The normalized spacial score (nSPS) is 16.1. The van der Waals surface area contributed by atoms with Gasteiger partial charge in [-0.1, -0.05) is 35.3 Å². The molecule has 0 saturated heterocycles. The van der Waals surface area contributed by atoms with Crippen LogP contribution in [0.4, 0.5) is 0 Å². The number of carbonyl (C=O) groups is 1. The van der Waals surface area contributed by atoms with Gasteiger partial charge in [-0.25, -0.2) is 4.31 Å². The van der Waals surface area contributed by atoms with Crippen LogP contribution in [0, 0.1) is 0 Å². The molecule has 1 aliphatic heterocycles. The lowest BCUT2D eigenvalue weighted by Gasteiger charge is -2.33. The second-order valence-electron chi connectivity index (χ2n) is 8.12. The maximum Gasteiger partial charge on any atom is 0.321 e. The number of hydrogen-bond donors (Lipinski definition) is 0. The lowest BCUT2D eigenvalue weighted by Crippen LogP contribution is -2.31. The topological polar surface area (TPSA) is 51.2 Å². The summed E-state index contributed by atoms with van der Waals surface area (Å²) in [5.41, 5.74) is 3.47. The number of benzene rings is 2. The molecule has 0 N–H and O–H groups in total. The first-order valence-electron chi connectivity index (χ1n) is 11.7. The average molecular weight is 559 g/mol. The Kier molecular flexibility index (Phi) is 11.6. The van der Waals surface area contributed by atoms with Gasteiger partial charge < -0.3 is 18.7 Å². The minimum Gasteiger partial charge on any atom is -0.465 e. The predicted octanol–water partition coefficient (Wildman–Crippen LogP) is 6.79. The molecule has 35 heavy (non-hydrogen) atoms. The molecule has 1 atom stereocenters. The fraction of sp³-hybridized carbons (Fsp3) is 0.480. The van der Waals surface area contributed by atoms with Crippen molar-refractivity contribution in [1.82, 2.24) is 9.21 Å². The monoisotopic (exact) mass is 558 g/mol. The van der Waals surface area contributed by atoms with Crippen LogP contribution >= 0.6 is 43.5 Å². The smallest absolute Gasteiger partial charge is 0.321 e. The van der Waals surface area contributed by atoms with E-state index in [9.17, 15) is 4.79 Å². The number of fused-ring (bicyclic) bond motifs is 1. The van der Waals surface area contributed by atoms with Crippen LogP contribution in [-0.2, 0) is 25.1 Å².